The number of rotatable bonds is 3. The van der Waals surface area contributed by atoms with Crippen molar-refractivity contribution < 1.29 is 9.53 Å². The lowest BCUT2D eigenvalue weighted by molar-refractivity contribution is -0.113. The van der Waals surface area contributed by atoms with E-state index in [-0.39, 0.29) is 5.91 Å². The summed E-state index contributed by atoms with van der Waals surface area (Å²) < 4.78 is 5.07. The van der Waals surface area contributed by atoms with Crippen LogP contribution in [0.4, 0.5) is 0 Å². The molecule has 1 aliphatic rings. The quantitative estimate of drug-likeness (QED) is 0.846. The van der Waals surface area contributed by atoms with Gasteiger partial charge in [-0.25, -0.2) is 0 Å². The SMILES string of the molecule is COc1ccc(/C=C/C=C2\SC(N)=NC2=O)cc1. The molecule has 18 heavy (non-hydrogen) atoms. The summed E-state index contributed by atoms with van der Waals surface area (Å²) >= 11 is 1.18. The van der Waals surface area contributed by atoms with E-state index in [0.717, 1.165) is 11.3 Å². The van der Waals surface area contributed by atoms with Gasteiger partial charge in [-0.2, -0.15) is 4.99 Å². The molecule has 92 valence electrons. The normalized spacial score (nSPS) is 17.5. The minimum atomic E-state index is -0.281. The Morgan fingerprint density at radius 3 is 2.61 bits per heavy atom. The lowest BCUT2D eigenvalue weighted by Crippen LogP contribution is -2.01. The number of benzene rings is 1. The van der Waals surface area contributed by atoms with Gasteiger partial charge < -0.3 is 10.5 Å². The van der Waals surface area contributed by atoms with Crippen LogP contribution >= 0.6 is 11.8 Å². The molecule has 0 unspecified atom stereocenters. The first-order valence-corrected chi connectivity index (χ1v) is 6.09. The fraction of sp³-hybridized carbons (Fsp3) is 0.0769. The molecule has 1 amide bonds. The third-order valence-corrected chi connectivity index (χ3v) is 3.12. The van der Waals surface area contributed by atoms with Gasteiger partial charge in [0.15, 0.2) is 5.17 Å². The fourth-order valence-electron chi connectivity index (χ4n) is 1.40. The third-order valence-electron chi connectivity index (χ3n) is 2.29. The van der Waals surface area contributed by atoms with Gasteiger partial charge in [0.1, 0.15) is 5.75 Å². The largest absolute Gasteiger partial charge is 0.497 e. The van der Waals surface area contributed by atoms with Crippen LogP contribution in [0.15, 0.2) is 46.3 Å². The first-order chi connectivity index (χ1) is 8.69. The lowest BCUT2D eigenvalue weighted by atomic mass is 10.2. The molecule has 0 saturated heterocycles. The molecule has 0 bridgehead atoms. The molecule has 1 aromatic rings. The van der Waals surface area contributed by atoms with Gasteiger partial charge in [0.2, 0.25) is 0 Å². The number of amides is 1. The van der Waals surface area contributed by atoms with E-state index in [9.17, 15) is 4.79 Å². The fourth-order valence-corrected chi connectivity index (χ4v) is 2.03. The monoisotopic (exact) mass is 260 g/mol. The minimum Gasteiger partial charge on any atom is -0.497 e. The minimum absolute atomic E-state index is 0.281. The smallest absolute Gasteiger partial charge is 0.286 e. The van der Waals surface area contributed by atoms with Crippen molar-refractivity contribution in [3.8, 4) is 5.75 Å². The van der Waals surface area contributed by atoms with Crippen molar-refractivity contribution in [2.24, 2.45) is 10.7 Å². The highest BCUT2D eigenvalue weighted by Crippen LogP contribution is 2.23. The van der Waals surface area contributed by atoms with Gasteiger partial charge in [0, 0.05) is 0 Å². The first kappa shape index (κ1) is 12.4. The Morgan fingerprint density at radius 2 is 2.06 bits per heavy atom. The molecular formula is C13H12N2O2S. The Hall–Kier alpha value is -2.01. The maximum atomic E-state index is 11.3. The van der Waals surface area contributed by atoms with Gasteiger partial charge in [-0.3, -0.25) is 4.79 Å². The van der Waals surface area contributed by atoms with Gasteiger partial charge in [0.25, 0.3) is 5.91 Å². The predicted octanol–water partition coefficient (Wildman–Crippen LogP) is 2.18. The van der Waals surface area contributed by atoms with Crippen LogP contribution in [0.25, 0.3) is 6.08 Å². The van der Waals surface area contributed by atoms with E-state index in [1.165, 1.54) is 11.8 Å². The summed E-state index contributed by atoms with van der Waals surface area (Å²) in [6.45, 7) is 0. The van der Waals surface area contributed by atoms with Crippen molar-refractivity contribution in [3.05, 3.63) is 46.9 Å². The molecule has 0 fully saturated rings. The maximum absolute atomic E-state index is 11.3. The second-order valence-corrected chi connectivity index (χ2v) is 4.58. The Bertz CT molecular complexity index is 545. The summed E-state index contributed by atoms with van der Waals surface area (Å²) in [4.78, 5) is 15.5. The highest BCUT2D eigenvalue weighted by Gasteiger charge is 2.18. The number of nitrogens with zero attached hydrogens (tertiary/aromatic N) is 1. The number of nitrogens with two attached hydrogens (primary N) is 1. The Labute approximate surface area is 109 Å². The van der Waals surface area contributed by atoms with Crippen molar-refractivity contribution in [2.45, 2.75) is 0 Å². The van der Waals surface area contributed by atoms with Crippen molar-refractivity contribution >= 4 is 28.9 Å². The summed E-state index contributed by atoms with van der Waals surface area (Å²) in [5.41, 5.74) is 6.47. The Morgan fingerprint density at radius 1 is 1.33 bits per heavy atom. The van der Waals surface area contributed by atoms with Crippen LogP contribution in [0.3, 0.4) is 0 Å². The average Bonchev–Trinajstić information content (AvgIpc) is 2.69. The zero-order chi connectivity index (χ0) is 13.0. The molecule has 5 heteroatoms. The predicted molar refractivity (Wildman–Crippen MR) is 74.3 cm³/mol. The summed E-state index contributed by atoms with van der Waals surface area (Å²) in [6, 6.07) is 7.62. The molecule has 4 nitrogen and oxygen atoms in total. The molecule has 0 atom stereocenters. The van der Waals surface area contributed by atoms with Crippen molar-refractivity contribution in [1.82, 2.24) is 0 Å². The summed E-state index contributed by atoms with van der Waals surface area (Å²) in [5.74, 6) is 0.532. The van der Waals surface area contributed by atoms with E-state index >= 15 is 0 Å². The molecule has 0 radical (unpaired) electrons. The highest BCUT2D eigenvalue weighted by atomic mass is 32.2. The molecule has 1 aromatic carbocycles. The van der Waals surface area contributed by atoms with Gasteiger partial charge >= 0.3 is 0 Å². The topological polar surface area (TPSA) is 64.7 Å². The van der Waals surface area contributed by atoms with E-state index in [1.54, 1.807) is 19.3 Å². The van der Waals surface area contributed by atoms with Crippen LogP contribution in [0.2, 0.25) is 0 Å². The van der Waals surface area contributed by atoms with E-state index in [1.807, 2.05) is 30.3 Å². The average molecular weight is 260 g/mol. The van der Waals surface area contributed by atoms with E-state index in [0.29, 0.717) is 10.1 Å². The number of methoxy groups -OCH3 is 1. The molecule has 0 saturated carbocycles. The van der Waals surface area contributed by atoms with Crippen molar-refractivity contribution in [3.63, 3.8) is 0 Å². The van der Waals surface area contributed by atoms with E-state index in [2.05, 4.69) is 4.99 Å². The standard InChI is InChI=1S/C13H12N2O2S/c1-17-10-7-5-9(6-8-10)3-2-4-11-12(16)15-13(14)18-11/h2-8H,1H3,(H2,14,15,16)/b3-2+,11-4-. The number of amidine groups is 1. The number of carbonyl (C=O) groups excluding carboxylic acids is 1. The van der Waals surface area contributed by atoms with Gasteiger partial charge in [-0.1, -0.05) is 24.3 Å². The number of aliphatic imine (C=N–C) groups is 1. The molecule has 1 aliphatic heterocycles. The number of allylic oxidation sites excluding steroid dienone is 2. The van der Waals surface area contributed by atoms with Gasteiger partial charge in [-0.05, 0) is 35.5 Å². The summed E-state index contributed by atoms with van der Waals surface area (Å²) in [6.07, 6.45) is 5.41. The Balaban J connectivity index is 2.03. The van der Waals surface area contributed by atoms with Crippen molar-refractivity contribution in [2.75, 3.05) is 7.11 Å². The molecule has 2 N–H and O–H groups in total. The summed E-state index contributed by atoms with van der Waals surface area (Å²) in [5, 5.41) is 0.295. The van der Waals surface area contributed by atoms with Gasteiger partial charge in [-0.15, -0.1) is 0 Å². The van der Waals surface area contributed by atoms with Crippen LogP contribution in [0, 0.1) is 0 Å². The zero-order valence-corrected chi connectivity index (χ0v) is 10.6. The van der Waals surface area contributed by atoms with Crippen LogP contribution < -0.4 is 10.5 Å². The molecule has 0 aliphatic carbocycles. The number of hydrogen-bond donors (Lipinski definition) is 1. The second kappa shape index (κ2) is 5.55. The first-order valence-electron chi connectivity index (χ1n) is 5.28. The van der Waals surface area contributed by atoms with Crippen LogP contribution in [-0.4, -0.2) is 18.2 Å². The van der Waals surface area contributed by atoms with Crippen LogP contribution in [0.1, 0.15) is 5.56 Å². The molecule has 0 spiro atoms. The maximum Gasteiger partial charge on any atom is 0.286 e. The van der Waals surface area contributed by atoms with Crippen LogP contribution in [0.5, 0.6) is 5.75 Å². The highest BCUT2D eigenvalue weighted by molar-refractivity contribution is 8.18. The third kappa shape index (κ3) is 3.01. The lowest BCUT2D eigenvalue weighted by Gasteiger charge is -1.98. The number of hydrogen-bond acceptors (Lipinski definition) is 4. The molecular weight excluding hydrogens is 248 g/mol. The zero-order valence-electron chi connectivity index (χ0n) is 9.79. The number of ether oxygens (including phenoxy) is 1. The molecule has 2 rings (SSSR count). The molecule has 0 aromatic heterocycles. The Kier molecular flexibility index (Phi) is 3.84. The van der Waals surface area contributed by atoms with E-state index in [4.69, 9.17) is 10.5 Å². The van der Waals surface area contributed by atoms with E-state index < -0.39 is 0 Å². The van der Waals surface area contributed by atoms with Crippen LogP contribution in [-0.2, 0) is 4.79 Å². The van der Waals surface area contributed by atoms with Crippen molar-refractivity contribution in [1.29, 1.82) is 0 Å². The summed E-state index contributed by atoms with van der Waals surface area (Å²) in [7, 11) is 1.63. The molecule has 1 heterocycles. The number of carbonyl (C=O) groups is 1. The van der Waals surface area contributed by atoms with Gasteiger partial charge in [0.05, 0.1) is 12.0 Å². The second-order valence-electron chi connectivity index (χ2n) is 3.52. The number of thioether (sulfide) groups is 1.